The van der Waals surface area contributed by atoms with Gasteiger partial charge in [-0.2, -0.15) is 0 Å². The molecular weight excluding hydrogens is 653 g/mol. The van der Waals surface area contributed by atoms with Gasteiger partial charge in [-0.15, -0.1) is 0 Å². The molecule has 7 heteroatoms. The molecule has 9 atom stereocenters. The zero-order chi connectivity index (χ0) is 36.8. The zero-order valence-corrected chi connectivity index (χ0v) is 33.5. The highest BCUT2D eigenvalue weighted by Crippen LogP contribution is 2.76. The minimum atomic E-state index is -2.95. The second-order valence-electron chi connectivity index (χ2n) is 19.6. The third kappa shape index (κ3) is 5.84. The predicted molar refractivity (Wildman–Crippen MR) is 208 cm³/mol. The van der Waals surface area contributed by atoms with Crippen LogP contribution in [0, 0.1) is 51.2 Å². The van der Waals surface area contributed by atoms with E-state index in [1.54, 1.807) is 12.1 Å². The molecule has 4 saturated carbocycles. The van der Waals surface area contributed by atoms with E-state index in [9.17, 15) is 18.3 Å². The van der Waals surface area contributed by atoms with Crippen molar-refractivity contribution in [3.63, 3.8) is 0 Å². The van der Waals surface area contributed by atoms with Crippen LogP contribution < -0.4 is 5.32 Å². The first-order valence-corrected chi connectivity index (χ1v) is 22.2. The highest BCUT2D eigenvalue weighted by atomic mass is 32.2. The van der Waals surface area contributed by atoms with Crippen LogP contribution in [0.15, 0.2) is 42.5 Å². The van der Waals surface area contributed by atoms with E-state index in [4.69, 9.17) is 0 Å². The molecule has 1 heterocycles. The van der Waals surface area contributed by atoms with E-state index in [1.807, 2.05) is 12.1 Å². The SMILES string of the molecule is C=C(C)[C@@H]1CC[C@]2(NCCN3CCC(S(C)(=O)=O)CC3)CC[C@]3(C)C(CCC4[C@@]5(C)CC=C(c6ccc(C(=O)O)cc6)C(C)(C)C5CC[C@]43C)C12. The molecule has 282 valence electrons. The molecule has 5 aliphatic carbocycles. The Morgan fingerprint density at radius 2 is 1.59 bits per heavy atom. The zero-order valence-electron chi connectivity index (χ0n) is 32.7. The summed E-state index contributed by atoms with van der Waals surface area (Å²) in [5, 5.41) is 13.6. The molecule has 6 aliphatic rings. The second kappa shape index (κ2) is 12.8. The number of fused-ring (bicyclic) bond motifs is 7. The van der Waals surface area contributed by atoms with Crippen molar-refractivity contribution in [2.45, 2.75) is 123 Å². The van der Waals surface area contributed by atoms with Gasteiger partial charge in [0.25, 0.3) is 0 Å². The topological polar surface area (TPSA) is 86.7 Å². The van der Waals surface area contributed by atoms with E-state index in [0.29, 0.717) is 35.2 Å². The van der Waals surface area contributed by atoms with E-state index < -0.39 is 15.8 Å². The first-order chi connectivity index (χ1) is 23.9. The van der Waals surface area contributed by atoms with Crippen molar-refractivity contribution < 1.29 is 18.3 Å². The number of carboxylic acid groups (broad SMARTS) is 1. The molecule has 0 amide bonds. The van der Waals surface area contributed by atoms with Crippen molar-refractivity contribution in [3.8, 4) is 0 Å². The average molecular weight is 719 g/mol. The minimum Gasteiger partial charge on any atom is -0.478 e. The van der Waals surface area contributed by atoms with Gasteiger partial charge in [-0.25, -0.2) is 13.2 Å². The van der Waals surface area contributed by atoms with E-state index >= 15 is 0 Å². The van der Waals surface area contributed by atoms with Gasteiger partial charge >= 0.3 is 5.97 Å². The molecule has 5 fully saturated rings. The molecule has 1 aliphatic heterocycles. The van der Waals surface area contributed by atoms with Crippen LogP contribution in [0.5, 0.6) is 0 Å². The Morgan fingerprint density at radius 3 is 2.22 bits per heavy atom. The first kappa shape index (κ1) is 37.4. The number of carboxylic acids is 1. The molecule has 0 aromatic heterocycles. The minimum absolute atomic E-state index is 0.0129. The summed E-state index contributed by atoms with van der Waals surface area (Å²) < 4.78 is 24.3. The fraction of sp³-hybridized carbons (Fsp3) is 0.750. The summed E-state index contributed by atoms with van der Waals surface area (Å²) in [5.41, 5.74) is 5.29. The molecule has 6 nitrogen and oxygen atoms in total. The standard InChI is InChI=1S/C44H66N2O4S/c1-29(2)33-15-22-44(45-25-28-46-26-18-32(19-27-46)51(8,49)50)24-23-42(6)35(38(33)44)13-14-37-41(5)20-16-34(30-9-11-31(12-10-30)39(47)48)40(3,4)36(41)17-21-43(37,42)7/h9-12,16,32-33,35-38,45H,1,13-15,17-28H2,2-8H3,(H,47,48)/t33-,35?,36?,37?,38?,41-,42+,43+,44-/m0/s1. The maximum Gasteiger partial charge on any atom is 0.335 e. The van der Waals surface area contributed by atoms with Crippen LogP contribution in [0.4, 0.5) is 0 Å². The Balaban J connectivity index is 1.12. The van der Waals surface area contributed by atoms with Crippen molar-refractivity contribution in [2.24, 2.45) is 51.2 Å². The van der Waals surface area contributed by atoms with Crippen molar-refractivity contribution in [3.05, 3.63) is 53.6 Å². The average Bonchev–Trinajstić information content (AvgIpc) is 3.45. The normalized spacial score (nSPS) is 41.1. The summed E-state index contributed by atoms with van der Waals surface area (Å²) in [6.45, 7) is 23.7. The smallest absolute Gasteiger partial charge is 0.335 e. The Labute approximate surface area is 309 Å². The molecule has 0 spiro atoms. The summed E-state index contributed by atoms with van der Waals surface area (Å²) in [6.07, 6.45) is 16.7. The Hall–Kier alpha value is -1.96. The summed E-state index contributed by atoms with van der Waals surface area (Å²) in [5.74, 6) is 2.28. The summed E-state index contributed by atoms with van der Waals surface area (Å²) in [4.78, 5) is 14.1. The molecule has 7 rings (SSSR count). The van der Waals surface area contributed by atoms with Crippen molar-refractivity contribution >= 4 is 21.4 Å². The third-order valence-electron chi connectivity index (χ3n) is 17.1. The predicted octanol–water partition coefficient (Wildman–Crippen LogP) is 8.89. The third-order valence-corrected chi connectivity index (χ3v) is 18.8. The highest BCUT2D eigenvalue weighted by Gasteiger charge is 2.70. The van der Waals surface area contributed by atoms with Gasteiger partial charge in [0.15, 0.2) is 0 Å². The van der Waals surface area contributed by atoms with Crippen LogP contribution in [0.3, 0.4) is 0 Å². The lowest BCUT2D eigenvalue weighted by Crippen LogP contribution is -2.68. The van der Waals surface area contributed by atoms with Gasteiger partial charge in [0.2, 0.25) is 0 Å². The van der Waals surface area contributed by atoms with E-state index in [1.165, 1.54) is 74.3 Å². The van der Waals surface area contributed by atoms with Crippen LogP contribution in [-0.4, -0.2) is 67.6 Å². The number of sulfone groups is 1. The van der Waals surface area contributed by atoms with Crippen molar-refractivity contribution in [1.29, 1.82) is 0 Å². The van der Waals surface area contributed by atoms with Gasteiger partial charge in [0, 0.05) is 24.9 Å². The summed E-state index contributed by atoms with van der Waals surface area (Å²) >= 11 is 0. The van der Waals surface area contributed by atoms with Crippen molar-refractivity contribution in [2.75, 3.05) is 32.4 Å². The van der Waals surface area contributed by atoms with Gasteiger partial charge in [-0.3, -0.25) is 0 Å². The Morgan fingerprint density at radius 1 is 0.902 bits per heavy atom. The van der Waals surface area contributed by atoms with Crippen LogP contribution in [-0.2, 0) is 9.84 Å². The monoisotopic (exact) mass is 718 g/mol. The molecular formula is C44H66N2O4S. The van der Waals surface area contributed by atoms with Gasteiger partial charge in [-0.05, 0) is 165 Å². The molecule has 1 aromatic carbocycles. The van der Waals surface area contributed by atoms with Crippen LogP contribution in [0.1, 0.15) is 128 Å². The van der Waals surface area contributed by atoms with Crippen LogP contribution >= 0.6 is 0 Å². The highest BCUT2D eigenvalue weighted by molar-refractivity contribution is 7.91. The van der Waals surface area contributed by atoms with Gasteiger partial charge in [-0.1, -0.05) is 65.0 Å². The largest absolute Gasteiger partial charge is 0.478 e. The lowest BCUT2D eigenvalue weighted by molar-refractivity contribution is -0.219. The van der Waals surface area contributed by atoms with Crippen LogP contribution in [0.2, 0.25) is 0 Å². The number of piperidine rings is 1. The number of aromatic carboxylic acids is 1. The molecule has 0 radical (unpaired) electrons. The number of likely N-dealkylation sites (tertiary alicyclic amines) is 1. The van der Waals surface area contributed by atoms with Crippen LogP contribution in [0.25, 0.3) is 5.57 Å². The number of allylic oxidation sites excluding steroid dienone is 3. The number of nitrogens with zero attached hydrogens (tertiary/aromatic N) is 1. The van der Waals surface area contributed by atoms with Gasteiger partial charge < -0.3 is 15.3 Å². The fourth-order valence-corrected chi connectivity index (χ4v) is 15.4. The molecule has 1 aromatic rings. The maximum atomic E-state index is 12.1. The fourth-order valence-electron chi connectivity index (χ4n) is 14.4. The molecule has 4 unspecified atom stereocenters. The number of carbonyl (C=O) groups is 1. The molecule has 2 N–H and O–H groups in total. The van der Waals surface area contributed by atoms with Crippen molar-refractivity contribution in [1.82, 2.24) is 10.2 Å². The van der Waals surface area contributed by atoms with E-state index in [2.05, 4.69) is 64.4 Å². The number of rotatable bonds is 8. The molecule has 1 saturated heterocycles. The lowest BCUT2D eigenvalue weighted by atomic mass is 9.33. The summed E-state index contributed by atoms with van der Waals surface area (Å²) in [6, 6.07) is 7.60. The Bertz CT molecular complexity index is 1670. The number of hydrogen-bond acceptors (Lipinski definition) is 5. The number of benzene rings is 1. The second-order valence-corrected chi connectivity index (χ2v) is 21.9. The number of nitrogens with one attached hydrogen (secondary N) is 1. The maximum absolute atomic E-state index is 12.1. The van der Waals surface area contributed by atoms with Gasteiger partial charge in [0.1, 0.15) is 9.84 Å². The summed E-state index contributed by atoms with van der Waals surface area (Å²) in [7, 11) is -2.95. The lowest BCUT2D eigenvalue weighted by Gasteiger charge is -2.72. The number of hydrogen-bond donors (Lipinski definition) is 2. The quantitative estimate of drug-likeness (QED) is 0.261. The first-order valence-electron chi connectivity index (χ1n) is 20.2. The van der Waals surface area contributed by atoms with Gasteiger partial charge in [0.05, 0.1) is 10.8 Å². The molecule has 0 bridgehead atoms. The van der Waals surface area contributed by atoms with E-state index in [0.717, 1.165) is 45.4 Å². The molecule has 51 heavy (non-hydrogen) atoms. The van der Waals surface area contributed by atoms with E-state index in [-0.39, 0.29) is 32.4 Å². The Kier molecular flexibility index (Phi) is 9.40.